The van der Waals surface area contributed by atoms with Gasteiger partial charge >= 0.3 is 0 Å². The molecule has 1 nitrogen and oxygen atoms in total. The van der Waals surface area contributed by atoms with E-state index < -0.39 is 11.6 Å². The van der Waals surface area contributed by atoms with Crippen LogP contribution in [-0.4, -0.2) is 13.1 Å². The molecule has 0 aromatic heterocycles. The van der Waals surface area contributed by atoms with E-state index in [-0.39, 0.29) is 5.92 Å². The fraction of sp³-hybridized carbons (Fsp3) is 0.500. The molecule has 1 unspecified atom stereocenters. The summed E-state index contributed by atoms with van der Waals surface area (Å²) in [5, 5.41) is 3.19. The van der Waals surface area contributed by atoms with Crippen molar-refractivity contribution in [2.45, 2.75) is 26.2 Å². The van der Waals surface area contributed by atoms with E-state index in [1.54, 1.807) is 0 Å². The minimum atomic E-state index is -0.500. The van der Waals surface area contributed by atoms with Gasteiger partial charge < -0.3 is 5.32 Å². The van der Waals surface area contributed by atoms with Gasteiger partial charge in [0.1, 0.15) is 11.6 Å². The predicted octanol–water partition coefficient (Wildman–Crippen LogP) is 3.07. The third-order valence-electron chi connectivity index (χ3n) is 2.46. The fourth-order valence-electron chi connectivity index (χ4n) is 1.52. The van der Waals surface area contributed by atoms with E-state index in [0.29, 0.717) is 0 Å². The van der Waals surface area contributed by atoms with Crippen molar-refractivity contribution in [3.63, 3.8) is 0 Å². The molecule has 0 saturated carbocycles. The highest BCUT2D eigenvalue weighted by Crippen LogP contribution is 2.20. The molecule has 0 amide bonds. The zero-order valence-corrected chi connectivity index (χ0v) is 9.19. The Morgan fingerprint density at radius 1 is 1.20 bits per heavy atom. The van der Waals surface area contributed by atoms with Gasteiger partial charge in [-0.3, -0.25) is 0 Å². The monoisotopic (exact) mass is 213 g/mol. The van der Waals surface area contributed by atoms with Crippen LogP contribution in [-0.2, 0) is 0 Å². The van der Waals surface area contributed by atoms with Gasteiger partial charge in [-0.05, 0) is 43.1 Å². The summed E-state index contributed by atoms with van der Waals surface area (Å²) in [5.74, 6) is -0.824. The zero-order chi connectivity index (χ0) is 11.3. The molecule has 1 rings (SSSR count). The van der Waals surface area contributed by atoms with Crippen LogP contribution in [0.3, 0.4) is 0 Å². The molecular weight excluding hydrogens is 196 g/mol. The summed E-state index contributed by atoms with van der Waals surface area (Å²) >= 11 is 0. The fourth-order valence-corrected chi connectivity index (χ4v) is 1.52. The Labute approximate surface area is 89.5 Å². The maximum Gasteiger partial charge on any atom is 0.126 e. The SMILES string of the molecule is CCNCCC(C)c1cc(F)cc(F)c1. The molecule has 0 spiro atoms. The van der Waals surface area contributed by atoms with Crippen LogP contribution in [0.2, 0.25) is 0 Å². The topological polar surface area (TPSA) is 12.0 Å². The lowest BCUT2D eigenvalue weighted by Gasteiger charge is -2.12. The normalized spacial score (nSPS) is 12.8. The van der Waals surface area contributed by atoms with Crippen molar-refractivity contribution in [3.8, 4) is 0 Å². The molecular formula is C12H17F2N. The van der Waals surface area contributed by atoms with Crippen LogP contribution in [0.1, 0.15) is 31.7 Å². The van der Waals surface area contributed by atoms with E-state index >= 15 is 0 Å². The third kappa shape index (κ3) is 3.96. The zero-order valence-electron chi connectivity index (χ0n) is 9.19. The Balaban J connectivity index is 2.60. The molecule has 15 heavy (non-hydrogen) atoms. The molecule has 0 saturated heterocycles. The van der Waals surface area contributed by atoms with E-state index in [1.165, 1.54) is 12.1 Å². The summed E-state index contributed by atoms with van der Waals surface area (Å²) in [5.41, 5.74) is 0.727. The second-order valence-electron chi connectivity index (χ2n) is 3.75. The van der Waals surface area contributed by atoms with E-state index in [2.05, 4.69) is 5.32 Å². The largest absolute Gasteiger partial charge is 0.317 e. The number of nitrogens with one attached hydrogen (secondary N) is 1. The van der Waals surface area contributed by atoms with Gasteiger partial charge in [-0.25, -0.2) is 8.78 Å². The number of hydrogen-bond acceptors (Lipinski definition) is 1. The van der Waals surface area contributed by atoms with Crippen LogP contribution in [0.4, 0.5) is 8.78 Å². The minimum Gasteiger partial charge on any atom is -0.317 e. The van der Waals surface area contributed by atoms with Gasteiger partial charge in [0, 0.05) is 6.07 Å². The van der Waals surface area contributed by atoms with Crippen molar-refractivity contribution < 1.29 is 8.78 Å². The predicted molar refractivity (Wildman–Crippen MR) is 57.9 cm³/mol. The summed E-state index contributed by atoms with van der Waals surface area (Å²) in [6, 6.07) is 3.71. The lowest BCUT2D eigenvalue weighted by molar-refractivity contribution is 0.564. The number of benzene rings is 1. The van der Waals surface area contributed by atoms with Gasteiger partial charge in [-0.15, -0.1) is 0 Å². The van der Waals surface area contributed by atoms with Gasteiger partial charge in [-0.2, -0.15) is 0 Å². The number of rotatable bonds is 5. The third-order valence-corrected chi connectivity index (χ3v) is 2.46. The Hall–Kier alpha value is -0.960. The standard InChI is InChI=1S/C12H17F2N/c1-3-15-5-4-9(2)10-6-11(13)8-12(14)7-10/h6-9,15H,3-5H2,1-2H3. The number of halogens is 2. The summed E-state index contributed by atoms with van der Waals surface area (Å²) in [6.07, 6.45) is 0.886. The molecule has 1 atom stereocenters. The maximum absolute atomic E-state index is 12.9. The molecule has 0 fully saturated rings. The molecule has 1 aromatic rings. The summed E-state index contributed by atoms with van der Waals surface area (Å²) in [4.78, 5) is 0. The average molecular weight is 213 g/mol. The van der Waals surface area contributed by atoms with E-state index in [1.807, 2.05) is 13.8 Å². The summed E-state index contributed by atoms with van der Waals surface area (Å²) < 4.78 is 25.8. The van der Waals surface area contributed by atoms with Crippen molar-refractivity contribution in [1.29, 1.82) is 0 Å². The van der Waals surface area contributed by atoms with Crippen LogP contribution >= 0.6 is 0 Å². The molecule has 84 valence electrons. The van der Waals surface area contributed by atoms with Crippen molar-refractivity contribution in [2.75, 3.05) is 13.1 Å². The van der Waals surface area contributed by atoms with Crippen LogP contribution in [0.5, 0.6) is 0 Å². The van der Waals surface area contributed by atoms with Crippen molar-refractivity contribution in [1.82, 2.24) is 5.32 Å². The Morgan fingerprint density at radius 3 is 2.33 bits per heavy atom. The molecule has 0 aliphatic carbocycles. The quantitative estimate of drug-likeness (QED) is 0.741. The molecule has 3 heteroatoms. The van der Waals surface area contributed by atoms with Gasteiger partial charge in [0.15, 0.2) is 0 Å². The molecule has 0 radical (unpaired) electrons. The van der Waals surface area contributed by atoms with E-state index in [9.17, 15) is 8.78 Å². The molecule has 1 N–H and O–H groups in total. The van der Waals surface area contributed by atoms with Crippen molar-refractivity contribution >= 4 is 0 Å². The van der Waals surface area contributed by atoms with Crippen LogP contribution in [0, 0.1) is 11.6 Å². The van der Waals surface area contributed by atoms with Gasteiger partial charge in [0.25, 0.3) is 0 Å². The molecule has 1 aromatic carbocycles. The highest BCUT2D eigenvalue weighted by molar-refractivity contribution is 5.21. The van der Waals surface area contributed by atoms with Crippen molar-refractivity contribution in [2.24, 2.45) is 0 Å². The van der Waals surface area contributed by atoms with Crippen LogP contribution < -0.4 is 5.32 Å². The summed E-state index contributed by atoms with van der Waals surface area (Å²) in [6.45, 7) is 5.80. The Kier molecular flexibility index (Phi) is 4.69. The van der Waals surface area contributed by atoms with Gasteiger partial charge in [-0.1, -0.05) is 13.8 Å². The lowest BCUT2D eigenvalue weighted by atomic mass is 9.97. The molecule has 0 heterocycles. The smallest absolute Gasteiger partial charge is 0.126 e. The second kappa shape index (κ2) is 5.81. The molecule has 0 aliphatic heterocycles. The first kappa shape index (κ1) is 12.1. The van der Waals surface area contributed by atoms with E-state index in [4.69, 9.17) is 0 Å². The first-order chi connectivity index (χ1) is 7.13. The van der Waals surface area contributed by atoms with Crippen LogP contribution in [0.15, 0.2) is 18.2 Å². The minimum absolute atomic E-state index is 0.175. The van der Waals surface area contributed by atoms with E-state index in [0.717, 1.165) is 31.1 Å². The Bertz CT molecular complexity index is 292. The van der Waals surface area contributed by atoms with Crippen LogP contribution in [0.25, 0.3) is 0 Å². The van der Waals surface area contributed by atoms with Crippen molar-refractivity contribution in [3.05, 3.63) is 35.4 Å². The molecule has 0 bridgehead atoms. The highest BCUT2D eigenvalue weighted by Gasteiger charge is 2.08. The summed E-state index contributed by atoms with van der Waals surface area (Å²) in [7, 11) is 0. The Morgan fingerprint density at radius 2 is 1.80 bits per heavy atom. The second-order valence-corrected chi connectivity index (χ2v) is 3.75. The first-order valence-corrected chi connectivity index (χ1v) is 5.30. The first-order valence-electron chi connectivity index (χ1n) is 5.30. The lowest BCUT2D eigenvalue weighted by Crippen LogP contribution is -2.16. The molecule has 0 aliphatic rings. The number of hydrogen-bond donors (Lipinski definition) is 1. The highest BCUT2D eigenvalue weighted by atomic mass is 19.1. The maximum atomic E-state index is 12.9. The average Bonchev–Trinajstić information content (AvgIpc) is 2.16. The van der Waals surface area contributed by atoms with Gasteiger partial charge in [0.2, 0.25) is 0 Å². The van der Waals surface area contributed by atoms with Gasteiger partial charge in [0.05, 0.1) is 0 Å².